The van der Waals surface area contributed by atoms with Gasteiger partial charge in [-0.05, 0) is 104 Å². The van der Waals surface area contributed by atoms with E-state index < -0.39 is 5.72 Å². The molecule has 0 aromatic heterocycles. The summed E-state index contributed by atoms with van der Waals surface area (Å²) < 4.78 is 14.8. The van der Waals surface area contributed by atoms with E-state index in [1.165, 1.54) is 39.3 Å². The first-order valence-corrected chi connectivity index (χ1v) is 16.6. The number of ether oxygens (including phenoxy) is 2. The SMILES string of the molecule is CCN1C(=CC=C2CCCC(C=CC3(OC)N(CC)c4ccc(Br)cc4C3(C)C)=C2OC)C(C)(C)c2cc(Br)ccc21. The van der Waals surface area contributed by atoms with Crippen LogP contribution in [0.4, 0.5) is 11.4 Å². The topological polar surface area (TPSA) is 24.9 Å². The van der Waals surface area contributed by atoms with Crippen LogP contribution in [-0.4, -0.2) is 33.0 Å². The number of halogens is 2. The molecule has 2 aliphatic heterocycles. The molecule has 2 aromatic carbocycles. The Hall–Kier alpha value is -2.28. The highest BCUT2D eigenvalue weighted by Gasteiger charge is 2.55. The number of hydrogen-bond donors (Lipinski definition) is 0. The number of benzene rings is 2. The highest BCUT2D eigenvalue weighted by atomic mass is 79.9. The summed E-state index contributed by atoms with van der Waals surface area (Å²) in [5.74, 6) is 0.985. The molecule has 1 unspecified atom stereocenters. The summed E-state index contributed by atoms with van der Waals surface area (Å²) in [5.41, 5.74) is 7.98. The molecular formula is C36H44Br2N2O2. The third kappa shape index (κ3) is 4.82. The summed E-state index contributed by atoms with van der Waals surface area (Å²) in [4.78, 5) is 4.83. The van der Waals surface area contributed by atoms with Crippen molar-refractivity contribution in [1.29, 1.82) is 0 Å². The maximum Gasteiger partial charge on any atom is 0.169 e. The Bertz CT molecular complexity index is 1500. The van der Waals surface area contributed by atoms with E-state index in [4.69, 9.17) is 9.47 Å². The quantitative estimate of drug-likeness (QED) is 0.288. The van der Waals surface area contributed by atoms with E-state index in [1.54, 1.807) is 7.11 Å². The number of likely N-dealkylation sites (N-methyl/N-ethyl adjacent to an activating group) is 2. The minimum atomic E-state index is -0.615. The van der Waals surface area contributed by atoms with E-state index in [2.05, 4.69) is 144 Å². The van der Waals surface area contributed by atoms with Gasteiger partial charge in [-0.15, -0.1) is 0 Å². The molecule has 0 fully saturated rings. The zero-order valence-corrected chi connectivity index (χ0v) is 29.4. The molecule has 2 aromatic rings. The monoisotopic (exact) mass is 694 g/mol. The number of hydrogen-bond acceptors (Lipinski definition) is 4. The lowest BCUT2D eigenvalue weighted by Gasteiger charge is -2.44. The first-order chi connectivity index (χ1) is 20.0. The second kappa shape index (κ2) is 11.7. The second-order valence-corrected chi connectivity index (χ2v) is 14.3. The molecule has 2 heterocycles. The maximum atomic E-state index is 6.46. The van der Waals surface area contributed by atoms with Crippen LogP contribution in [-0.2, 0) is 20.3 Å². The average molecular weight is 697 g/mol. The number of allylic oxidation sites excluding steroid dienone is 6. The van der Waals surface area contributed by atoms with Crippen LogP contribution in [0.1, 0.15) is 71.9 Å². The minimum absolute atomic E-state index is 0.0902. The van der Waals surface area contributed by atoms with Crippen LogP contribution in [0.2, 0.25) is 0 Å². The van der Waals surface area contributed by atoms with Crippen LogP contribution in [0.3, 0.4) is 0 Å². The molecule has 0 saturated heterocycles. The van der Waals surface area contributed by atoms with Crippen molar-refractivity contribution in [3.8, 4) is 0 Å². The van der Waals surface area contributed by atoms with Gasteiger partial charge in [0.2, 0.25) is 0 Å². The van der Waals surface area contributed by atoms with Gasteiger partial charge in [-0.25, -0.2) is 0 Å². The molecule has 1 aliphatic carbocycles. The van der Waals surface area contributed by atoms with Gasteiger partial charge in [-0.2, -0.15) is 0 Å². The van der Waals surface area contributed by atoms with Crippen molar-refractivity contribution < 1.29 is 9.47 Å². The largest absolute Gasteiger partial charge is 0.496 e. The molecule has 6 heteroatoms. The summed E-state index contributed by atoms with van der Waals surface area (Å²) in [7, 11) is 3.64. The average Bonchev–Trinajstić information content (AvgIpc) is 3.29. The molecule has 3 aliphatic rings. The van der Waals surface area contributed by atoms with E-state index in [0.29, 0.717) is 0 Å². The number of rotatable bonds is 7. The van der Waals surface area contributed by atoms with Crippen LogP contribution in [0, 0.1) is 0 Å². The van der Waals surface area contributed by atoms with Gasteiger partial charge in [0.1, 0.15) is 5.76 Å². The van der Waals surface area contributed by atoms with Crippen molar-refractivity contribution in [2.45, 2.75) is 77.4 Å². The van der Waals surface area contributed by atoms with Crippen LogP contribution < -0.4 is 9.80 Å². The Balaban J connectivity index is 1.54. The predicted molar refractivity (Wildman–Crippen MR) is 183 cm³/mol. The van der Waals surface area contributed by atoms with Crippen LogP contribution in [0.25, 0.3) is 0 Å². The first kappa shape index (κ1) is 31.2. The third-order valence-corrected chi connectivity index (χ3v) is 10.6. The predicted octanol–water partition coefficient (Wildman–Crippen LogP) is 9.94. The molecular weight excluding hydrogens is 652 g/mol. The van der Waals surface area contributed by atoms with Gasteiger partial charge in [-0.1, -0.05) is 71.7 Å². The van der Waals surface area contributed by atoms with Gasteiger partial charge in [0.25, 0.3) is 0 Å². The van der Waals surface area contributed by atoms with Gasteiger partial charge >= 0.3 is 0 Å². The highest BCUT2D eigenvalue weighted by Crippen LogP contribution is 2.54. The lowest BCUT2D eigenvalue weighted by atomic mass is 9.77. The van der Waals surface area contributed by atoms with Crippen molar-refractivity contribution in [2.75, 3.05) is 37.1 Å². The van der Waals surface area contributed by atoms with Gasteiger partial charge < -0.3 is 19.3 Å². The zero-order valence-electron chi connectivity index (χ0n) is 26.3. The van der Waals surface area contributed by atoms with Crippen LogP contribution >= 0.6 is 31.9 Å². The molecule has 42 heavy (non-hydrogen) atoms. The smallest absolute Gasteiger partial charge is 0.169 e. The molecule has 4 nitrogen and oxygen atoms in total. The summed E-state index contributed by atoms with van der Waals surface area (Å²) in [6.45, 7) is 15.4. The molecule has 0 saturated carbocycles. The first-order valence-electron chi connectivity index (χ1n) is 15.0. The van der Waals surface area contributed by atoms with Gasteiger partial charge in [-0.3, -0.25) is 0 Å². The lowest BCUT2D eigenvalue weighted by Crippen LogP contribution is -2.55. The number of fused-ring (bicyclic) bond motifs is 2. The Kier molecular flexibility index (Phi) is 8.65. The maximum absolute atomic E-state index is 6.46. The Morgan fingerprint density at radius 1 is 0.857 bits per heavy atom. The van der Waals surface area contributed by atoms with Gasteiger partial charge in [0, 0.05) is 57.0 Å². The van der Waals surface area contributed by atoms with Crippen molar-refractivity contribution in [3.63, 3.8) is 0 Å². The van der Waals surface area contributed by atoms with Crippen molar-refractivity contribution in [2.24, 2.45) is 0 Å². The van der Waals surface area contributed by atoms with Crippen LogP contribution in [0.5, 0.6) is 0 Å². The van der Waals surface area contributed by atoms with Gasteiger partial charge in [0.05, 0.1) is 7.11 Å². The van der Waals surface area contributed by atoms with E-state index in [0.717, 1.165) is 47.1 Å². The van der Waals surface area contributed by atoms with E-state index >= 15 is 0 Å². The molecule has 0 N–H and O–H groups in total. The normalized spacial score (nSPS) is 24.7. The fourth-order valence-electron chi connectivity index (χ4n) is 7.45. The molecule has 0 spiro atoms. The number of methoxy groups -OCH3 is 2. The number of nitrogens with zero attached hydrogens (tertiary/aromatic N) is 2. The molecule has 0 radical (unpaired) electrons. The van der Waals surface area contributed by atoms with Gasteiger partial charge in [0.15, 0.2) is 5.72 Å². The fourth-order valence-corrected chi connectivity index (χ4v) is 8.18. The Labute approximate surface area is 269 Å². The molecule has 0 bridgehead atoms. The second-order valence-electron chi connectivity index (χ2n) is 12.5. The Morgan fingerprint density at radius 2 is 1.52 bits per heavy atom. The van der Waals surface area contributed by atoms with E-state index in [1.807, 2.05) is 7.11 Å². The number of anilines is 2. The summed E-state index contributed by atoms with van der Waals surface area (Å²) in [6, 6.07) is 13.2. The fraction of sp³-hybridized carbons (Fsp3) is 0.444. The third-order valence-electron chi connectivity index (χ3n) is 9.65. The minimum Gasteiger partial charge on any atom is -0.496 e. The molecule has 5 rings (SSSR count). The van der Waals surface area contributed by atoms with Crippen molar-refractivity contribution >= 4 is 43.2 Å². The van der Waals surface area contributed by atoms with Crippen LogP contribution in [0.15, 0.2) is 92.3 Å². The molecule has 224 valence electrons. The van der Waals surface area contributed by atoms with E-state index in [-0.39, 0.29) is 10.8 Å². The molecule has 1 atom stereocenters. The lowest BCUT2D eigenvalue weighted by molar-refractivity contribution is -0.0158. The standard InChI is InChI=1S/C36H44Br2N2O2/c1-9-39-30-17-15-26(37)22-28(30)34(3,4)32(39)19-14-24-12-11-13-25(33(24)41-7)20-21-36(42-8)35(5,6)29-23-27(38)16-18-31(29)40(36)10-2/h14-23H,9-13H2,1-8H3. The summed E-state index contributed by atoms with van der Waals surface area (Å²) in [5, 5.41) is 0. The summed E-state index contributed by atoms with van der Waals surface area (Å²) in [6.07, 6.45) is 12.2. The molecule has 0 amide bonds. The van der Waals surface area contributed by atoms with Crippen molar-refractivity contribution in [3.05, 3.63) is 103 Å². The Morgan fingerprint density at radius 3 is 2.14 bits per heavy atom. The summed E-state index contributed by atoms with van der Waals surface area (Å²) >= 11 is 7.38. The van der Waals surface area contributed by atoms with E-state index in [9.17, 15) is 0 Å². The highest BCUT2D eigenvalue weighted by molar-refractivity contribution is 9.10. The zero-order chi connectivity index (χ0) is 30.4. The van der Waals surface area contributed by atoms with Crippen molar-refractivity contribution in [1.82, 2.24) is 0 Å².